The Labute approximate surface area is 240 Å². The fraction of sp³-hybridized carbons (Fsp3) is 0.281. The van der Waals surface area contributed by atoms with Crippen molar-refractivity contribution < 1.29 is 23.9 Å². The number of hydrogen-bond donors (Lipinski definition) is 1. The van der Waals surface area contributed by atoms with E-state index in [9.17, 15) is 19.2 Å². The minimum Gasteiger partial charge on any atom is -0.457 e. The van der Waals surface area contributed by atoms with E-state index in [1.165, 1.54) is 12.5 Å². The molecule has 2 aromatic heterocycles. The molecule has 212 valence electrons. The molecule has 4 aromatic rings. The standard InChI is InChI=1S/C32H28N4O6/c1-3-32(42-18(2)37)22-15-25-27-20(16-36(25)29(38)21(22)17-41-30(32)39)28-26-23(33-27)12-7-13-24(26)34-31(40)35(28)14-8-11-19-9-5-4-6-10-19/h4-7,9-10,12-13,15H,3,8,11,14,16-17H2,1-2H3,(H,34,40)/t32-/m0/s1. The number of esters is 2. The molecule has 10 nitrogen and oxygen atoms in total. The average Bonchev–Trinajstić information content (AvgIpc) is 3.35. The van der Waals surface area contributed by atoms with Crippen molar-refractivity contribution in [1.29, 1.82) is 0 Å². The minimum atomic E-state index is -1.72. The summed E-state index contributed by atoms with van der Waals surface area (Å²) in [5, 5.41) is 3.83. The van der Waals surface area contributed by atoms with Crippen molar-refractivity contribution in [2.24, 2.45) is 0 Å². The second kappa shape index (κ2) is 9.54. The average molecular weight is 565 g/mol. The van der Waals surface area contributed by atoms with E-state index in [0.717, 1.165) is 29.5 Å². The number of nitrogens with zero attached hydrogens (tertiary/aromatic N) is 3. The summed E-state index contributed by atoms with van der Waals surface area (Å²) in [5.74, 6) is -1.36. The van der Waals surface area contributed by atoms with E-state index in [0.29, 0.717) is 34.7 Å². The third-order valence-electron chi connectivity index (χ3n) is 8.42. The zero-order chi connectivity index (χ0) is 29.2. The molecule has 1 N–H and O–H groups in total. The molecule has 2 aromatic carbocycles. The Hall–Kier alpha value is -4.99. The number of nitrogens with one attached hydrogen (secondary N) is 1. The van der Waals surface area contributed by atoms with Gasteiger partial charge in [-0.1, -0.05) is 43.3 Å². The van der Waals surface area contributed by atoms with Crippen LogP contribution in [-0.4, -0.2) is 34.1 Å². The maximum Gasteiger partial charge on any atom is 0.355 e. The molecule has 0 fully saturated rings. The van der Waals surface area contributed by atoms with Gasteiger partial charge in [0, 0.05) is 30.0 Å². The highest BCUT2D eigenvalue weighted by Crippen LogP contribution is 2.47. The normalized spacial score (nSPS) is 18.2. The molecule has 0 saturated heterocycles. The monoisotopic (exact) mass is 564 g/mol. The Morgan fingerprint density at radius 1 is 1.10 bits per heavy atom. The lowest BCUT2D eigenvalue weighted by molar-refractivity contribution is -0.188. The predicted octanol–water partition coefficient (Wildman–Crippen LogP) is 4.64. The number of carbonyl (C=O) groups is 3. The van der Waals surface area contributed by atoms with Gasteiger partial charge in [-0.3, -0.25) is 14.5 Å². The number of cyclic esters (lactones) is 1. The number of benzene rings is 2. The van der Waals surface area contributed by atoms with E-state index >= 15 is 0 Å². The highest BCUT2D eigenvalue weighted by molar-refractivity contribution is 6.19. The molecular weight excluding hydrogens is 536 g/mol. The van der Waals surface area contributed by atoms with E-state index in [1.54, 1.807) is 22.5 Å². The third-order valence-corrected chi connectivity index (χ3v) is 8.42. The van der Waals surface area contributed by atoms with Crippen molar-refractivity contribution in [3.8, 4) is 11.4 Å². The molecule has 5 heterocycles. The molecule has 1 atom stereocenters. The molecular formula is C32H28N4O6. The van der Waals surface area contributed by atoms with Crippen molar-refractivity contribution in [3.63, 3.8) is 0 Å². The first kappa shape index (κ1) is 25.9. The molecule has 0 bridgehead atoms. The summed E-state index contributed by atoms with van der Waals surface area (Å²) < 4.78 is 12.6. The summed E-state index contributed by atoms with van der Waals surface area (Å²) in [6.07, 6.45) is 1.64. The number of carbonyl (C=O) groups excluding carboxylic acids is 3. The van der Waals surface area contributed by atoms with Gasteiger partial charge in [-0.15, -0.1) is 0 Å². The number of urea groups is 1. The highest BCUT2D eigenvalue weighted by Gasteiger charge is 2.50. The number of aromatic nitrogens is 2. The molecule has 0 radical (unpaired) electrons. The van der Waals surface area contributed by atoms with Crippen LogP contribution in [0.1, 0.15) is 48.9 Å². The van der Waals surface area contributed by atoms with Crippen molar-refractivity contribution in [3.05, 3.63) is 87.2 Å². The fourth-order valence-electron chi connectivity index (χ4n) is 6.49. The number of anilines is 2. The number of hydrogen-bond acceptors (Lipinski definition) is 7. The predicted molar refractivity (Wildman–Crippen MR) is 155 cm³/mol. The van der Waals surface area contributed by atoms with E-state index in [1.807, 2.05) is 36.4 Å². The topological polar surface area (TPSA) is 120 Å². The Morgan fingerprint density at radius 2 is 1.90 bits per heavy atom. The summed E-state index contributed by atoms with van der Waals surface area (Å²) in [6, 6.07) is 17.2. The first-order valence-corrected chi connectivity index (χ1v) is 14.0. The molecule has 0 spiro atoms. The third kappa shape index (κ3) is 3.74. The number of ether oxygens (including phenoxy) is 2. The van der Waals surface area contributed by atoms with E-state index in [-0.39, 0.29) is 36.7 Å². The van der Waals surface area contributed by atoms with Crippen molar-refractivity contribution in [1.82, 2.24) is 9.55 Å². The smallest absolute Gasteiger partial charge is 0.355 e. The molecule has 10 heteroatoms. The quantitative estimate of drug-likeness (QED) is 0.299. The maximum atomic E-state index is 13.9. The van der Waals surface area contributed by atoms with Crippen LogP contribution in [0.15, 0.2) is 59.4 Å². The highest BCUT2D eigenvalue weighted by atomic mass is 16.6. The SMILES string of the molecule is CC[C@@]1(OC(C)=O)C(=O)OCc2c1cc1n(c2=O)Cc2c-1nc1cccc3c1c2N(CCCc1ccccc1)C(=O)N3. The minimum absolute atomic E-state index is 0.100. The molecule has 3 aliphatic rings. The van der Waals surface area contributed by atoms with Crippen LogP contribution in [0.25, 0.3) is 22.3 Å². The van der Waals surface area contributed by atoms with E-state index in [4.69, 9.17) is 14.5 Å². The van der Waals surface area contributed by atoms with Crippen LogP contribution >= 0.6 is 0 Å². The van der Waals surface area contributed by atoms with E-state index < -0.39 is 17.5 Å². The van der Waals surface area contributed by atoms with Gasteiger partial charge in [-0.25, -0.2) is 14.6 Å². The van der Waals surface area contributed by atoms with Crippen LogP contribution in [0, 0.1) is 0 Å². The molecule has 42 heavy (non-hydrogen) atoms. The van der Waals surface area contributed by atoms with Crippen molar-refractivity contribution >= 4 is 40.2 Å². The van der Waals surface area contributed by atoms with Crippen molar-refractivity contribution in [2.75, 3.05) is 16.8 Å². The zero-order valence-corrected chi connectivity index (χ0v) is 23.2. The summed E-state index contributed by atoms with van der Waals surface area (Å²) in [5.41, 5.74) is 3.61. The maximum absolute atomic E-state index is 13.9. The summed E-state index contributed by atoms with van der Waals surface area (Å²) in [6.45, 7) is 3.39. The van der Waals surface area contributed by atoms with Crippen LogP contribution in [-0.2, 0) is 44.2 Å². The van der Waals surface area contributed by atoms with Gasteiger partial charge < -0.3 is 19.4 Å². The van der Waals surface area contributed by atoms with Gasteiger partial charge in [-0.2, -0.15) is 0 Å². The number of aryl methyl sites for hydroxylation is 1. The van der Waals surface area contributed by atoms with Crippen LogP contribution < -0.4 is 15.8 Å². The van der Waals surface area contributed by atoms with Gasteiger partial charge in [0.25, 0.3) is 5.56 Å². The van der Waals surface area contributed by atoms with E-state index in [2.05, 4.69) is 17.4 Å². The lowest BCUT2D eigenvalue weighted by atomic mass is 9.85. The summed E-state index contributed by atoms with van der Waals surface area (Å²) >= 11 is 0. The second-order valence-electron chi connectivity index (χ2n) is 10.8. The van der Waals surface area contributed by atoms with Gasteiger partial charge in [-0.05, 0) is 43.0 Å². The van der Waals surface area contributed by atoms with Crippen molar-refractivity contribution in [2.45, 2.75) is 51.9 Å². The first-order chi connectivity index (χ1) is 20.3. The van der Waals surface area contributed by atoms with Crippen LogP contribution in [0.2, 0.25) is 0 Å². The lowest BCUT2D eigenvalue weighted by Gasteiger charge is -2.35. The number of pyridine rings is 2. The number of fused-ring (bicyclic) bond motifs is 5. The number of amides is 2. The molecule has 0 aliphatic carbocycles. The lowest BCUT2D eigenvalue weighted by Crippen LogP contribution is -2.47. The Morgan fingerprint density at radius 3 is 2.67 bits per heavy atom. The summed E-state index contributed by atoms with van der Waals surface area (Å²) in [4.78, 5) is 59.2. The largest absolute Gasteiger partial charge is 0.457 e. The van der Waals surface area contributed by atoms with Gasteiger partial charge in [0.15, 0.2) is 0 Å². The molecule has 0 unspecified atom stereocenters. The first-order valence-electron chi connectivity index (χ1n) is 14.0. The molecule has 3 aliphatic heterocycles. The Balaban J connectivity index is 1.39. The second-order valence-corrected chi connectivity index (χ2v) is 10.8. The summed E-state index contributed by atoms with van der Waals surface area (Å²) in [7, 11) is 0. The molecule has 7 rings (SSSR count). The van der Waals surface area contributed by atoms with Gasteiger partial charge >= 0.3 is 18.0 Å². The van der Waals surface area contributed by atoms with Gasteiger partial charge in [0.2, 0.25) is 5.60 Å². The molecule has 2 amide bonds. The Bertz CT molecular complexity index is 1880. The van der Waals surface area contributed by atoms with Gasteiger partial charge in [0.1, 0.15) is 6.61 Å². The fourth-order valence-corrected chi connectivity index (χ4v) is 6.49. The number of rotatable bonds is 6. The van der Waals surface area contributed by atoms with Crippen LogP contribution in [0.5, 0.6) is 0 Å². The molecule has 0 saturated carbocycles. The van der Waals surface area contributed by atoms with Gasteiger partial charge in [0.05, 0.1) is 40.4 Å². The van der Waals surface area contributed by atoms with Crippen LogP contribution in [0.4, 0.5) is 16.2 Å². The van der Waals surface area contributed by atoms with Crippen LogP contribution in [0.3, 0.4) is 0 Å². The zero-order valence-electron chi connectivity index (χ0n) is 23.2. The Kier molecular flexibility index (Phi) is 5.89.